The first-order valence-corrected chi connectivity index (χ1v) is 9.33. The number of carbonyl (C=O) groups excluding carboxylic acids is 1. The van der Waals surface area contributed by atoms with E-state index in [1.807, 2.05) is 36.4 Å². The van der Waals surface area contributed by atoms with Crippen molar-refractivity contribution in [3.8, 4) is 0 Å². The molecule has 0 N–H and O–H groups in total. The standard InChI is InChI=1S/C19H28N6O/c1-6-25-17(11-16(22-25)13(2)3)19(26)24-9-7-23(8-10-24)18-15(5)20-12-14(4)21-18/h11-13H,6-10H2,1-5H3. The van der Waals surface area contributed by atoms with Crippen molar-refractivity contribution in [1.82, 2.24) is 24.6 Å². The number of hydrogen-bond donors (Lipinski definition) is 0. The SMILES string of the molecule is CCn1nc(C(C)C)cc1C(=O)N1CCN(c2nc(C)cnc2C)CC1. The van der Waals surface area contributed by atoms with Crippen LogP contribution >= 0.6 is 0 Å². The van der Waals surface area contributed by atoms with Gasteiger partial charge in [0.25, 0.3) is 5.91 Å². The second kappa shape index (κ2) is 7.43. The second-order valence-electron chi connectivity index (χ2n) is 7.12. The van der Waals surface area contributed by atoms with Gasteiger partial charge in [-0.15, -0.1) is 0 Å². The summed E-state index contributed by atoms with van der Waals surface area (Å²) in [5.74, 6) is 1.31. The largest absolute Gasteiger partial charge is 0.352 e. The van der Waals surface area contributed by atoms with Gasteiger partial charge in [-0.1, -0.05) is 13.8 Å². The molecule has 1 saturated heterocycles. The van der Waals surface area contributed by atoms with Gasteiger partial charge in [0.2, 0.25) is 0 Å². The van der Waals surface area contributed by atoms with E-state index in [-0.39, 0.29) is 5.91 Å². The van der Waals surface area contributed by atoms with E-state index in [1.165, 1.54) is 0 Å². The van der Waals surface area contributed by atoms with Gasteiger partial charge in [-0.2, -0.15) is 5.10 Å². The minimum atomic E-state index is 0.0675. The van der Waals surface area contributed by atoms with Crippen molar-refractivity contribution in [3.63, 3.8) is 0 Å². The molecule has 0 saturated carbocycles. The van der Waals surface area contributed by atoms with Gasteiger partial charge in [-0.25, -0.2) is 4.98 Å². The molecule has 7 nitrogen and oxygen atoms in total. The van der Waals surface area contributed by atoms with Crippen LogP contribution in [0.4, 0.5) is 5.82 Å². The van der Waals surface area contributed by atoms with E-state index in [4.69, 9.17) is 0 Å². The Balaban J connectivity index is 1.72. The summed E-state index contributed by atoms with van der Waals surface area (Å²) >= 11 is 0. The molecule has 0 aliphatic carbocycles. The van der Waals surface area contributed by atoms with Gasteiger partial charge in [-0.05, 0) is 32.8 Å². The minimum absolute atomic E-state index is 0.0675. The fraction of sp³-hybridized carbons (Fsp3) is 0.579. The molecule has 0 atom stereocenters. The fourth-order valence-corrected chi connectivity index (χ4v) is 3.24. The lowest BCUT2D eigenvalue weighted by Gasteiger charge is -2.35. The highest BCUT2D eigenvalue weighted by Gasteiger charge is 2.26. The first kappa shape index (κ1) is 18.4. The van der Waals surface area contributed by atoms with E-state index in [0.29, 0.717) is 31.2 Å². The summed E-state index contributed by atoms with van der Waals surface area (Å²) in [6.45, 7) is 13.7. The summed E-state index contributed by atoms with van der Waals surface area (Å²) in [6.07, 6.45) is 1.79. The van der Waals surface area contributed by atoms with Crippen LogP contribution in [0.25, 0.3) is 0 Å². The first-order valence-electron chi connectivity index (χ1n) is 9.33. The van der Waals surface area contributed by atoms with E-state index < -0.39 is 0 Å². The molecule has 1 amide bonds. The Morgan fingerprint density at radius 1 is 1.19 bits per heavy atom. The van der Waals surface area contributed by atoms with E-state index in [0.717, 1.165) is 36.0 Å². The van der Waals surface area contributed by atoms with Crippen LogP contribution in [0.1, 0.15) is 54.3 Å². The predicted octanol–water partition coefficient (Wildman–Crippen LogP) is 2.40. The van der Waals surface area contributed by atoms with Crippen LogP contribution in [-0.2, 0) is 6.54 Å². The molecule has 140 valence electrons. The lowest BCUT2D eigenvalue weighted by molar-refractivity contribution is 0.0734. The second-order valence-corrected chi connectivity index (χ2v) is 7.12. The van der Waals surface area contributed by atoms with Gasteiger partial charge in [-0.3, -0.25) is 14.5 Å². The van der Waals surface area contributed by atoms with Crippen LogP contribution in [0.2, 0.25) is 0 Å². The normalized spacial score (nSPS) is 15.0. The zero-order valence-corrected chi connectivity index (χ0v) is 16.4. The van der Waals surface area contributed by atoms with Gasteiger partial charge in [0.1, 0.15) is 11.5 Å². The monoisotopic (exact) mass is 356 g/mol. The maximum Gasteiger partial charge on any atom is 0.272 e. The lowest BCUT2D eigenvalue weighted by atomic mass is 10.1. The van der Waals surface area contributed by atoms with Crippen molar-refractivity contribution < 1.29 is 4.79 Å². The Bertz CT molecular complexity index is 789. The molecule has 3 rings (SSSR count). The fourth-order valence-electron chi connectivity index (χ4n) is 3.24. The maximum atomic E-state index is 13.0. The van der Waals surface area contributed by atoms with Crippen molar-refractivity contribution in [2.75, 3.05) is 31.1 Å². The highest BCUT2D eigenvalue weighted by molar-refractivity contribution is 5.93. The Hall–Kier alpha value is -2.44. The molecule has 3 heterocycles. The summed E-state index contributed by atoms with van der Waals surface area (Å²) in [5.41, 5.74) is 3.51. The predicted molar refractivity (Wildman–Crippen MR) is 102 cm³/mol. The third kappa shape index (κ3) is 3.57. The summed E-state index contributed by atoms with van der Waals surface area (Å²) < 4.78 is 1.82. The number of anilines is 1. The van der Waals surface area contributed by atoms with Gasteiger partial charge in [0.15, 0.2) is 0 Å². The quantitative estimate of drug-likeness (QED) is 0.841. The Morgan fingerprint density at radius 2 is 1.88 bits per heavy atom. The smallest absolute Gasteiger partial charge is 0.272 e. The zero-order valence-electron chi connectivity index (χ0n) is 16.4. The molecule has 0 unspecified atom stereocenters. The number of piperazine rings is 1. The number of aryl methyl sites for hydroxylation is 3. The van der Waals surface area contributed by atoms with E-state index in [2.05, 4.69) is 33.8 Å². The molecule has 2 aromatic heterocycles. The summed E-state index contributed by atoms with van der Waals surface area (Å²) in [7, 11) is 0. The molecule has 1 aliphatic rings. The molecule has 1 fully saturated rings. The van der Waals surface area contributed by atoms with Gasteiger partial charge in [0, 0.05) is 38.9 Å². The molecule has 0 bridgehead atoms. The lowest BCUT2D eigenvalue weighted by Crippen LogP contribution is -2.49. The van der Waals surface area contributed by atoms with E-state index >= 15 is 0 Å². The first-order chi connectivity index (χ1) is 12.4. The molecule has 26 heavy (non-hydrogen) atoms. The molecule has 1 aliphatic heterocycles. The van der Waals surface area contributed by atoms with Crippen LogP contribution in [0.3, 0.4) is 0 Å². The molecular weight excluding hydrogens is 328 g/mol. The van der Waals surface area contributed by atoms with E-state index in [1.54, 1.807) is 6.20 Å². The highest BCUT2D eigenvalue weighted by atomic mass is 16.2. The Morgan fingerprint density at radius 3 is 2.50 bits per heavy atom. The number of rotatable bonds is 4. The Kier molecular flexibility index (Phi) is 5.25. The number of amides is 1. The van der Waals surface area contributed by atoms with Crippen molar-refractivity contribution >= 4 is 11.7 Å². The molecule has 0 spiro atoms. The third-order valence-electron chi connectivity index (χ3n) is 4.83. The zero-order chi connectivity index (χ0) is 18.8. The van der Waals surface area contributed by atoms with Crippen LogP contribution in [-0.4, -0.2) is 56.7 Å². The van der Waals surface area contributed by atoms with Crippen molar-refractivity contribution in [1.29, 1.82) is 0 Å². The van der Waals surface area contributed by atoms with Gasteiger partial charge < -0.3 is 9.80 Å². The van der Waals surface area contributed by atoms with Gasteiger partial charge in [0.05, 0.1) is 17.1 Å². The number of carbonyl (C=O) groups is 1. The van der Waals surface area contributed by atoms with Crippen LogP contribution in [0, 0.1) is 13.8 Å². The van der Waals surface area contributed by atoms with E-state index in [9.17, 15) is 4.79 Å². The average Bonchev–Trinajstić information content (AvgIpc) is 3.08. The molecule has 2 aromatic rings. The van der Waals surface area contributed by atoms with Crippen molar-refractivity contribution in [2.45, 2.75) is 47.1 Å². The number of hydrogen-bond acceptors (Lipinski definition) is 5. The molecule has 0 aromatic carbocycles. The van der Waals surface area contributed by atoms with Gasteiger partial charge >= 0.3 is 0 Å². The topological polar surface area (TPSA) is 67.2 Å². The minimum Gasteiger partial charge on any atom is -0.352 e. The molecular formula is C19H28N6O. The number of nitrogens with zero attached hydrogens (tertiary/aromatic N) is 6. The van der Waals surface area contributed by atoms with Crippen LogP contribution in [0.5, 0.6) is 0 Å². The average molecular weight is 356 g/mol. The van der Waals surface area contributed by atoms with Crippen molar-refractivity contribution in [2.24, 2.45) is 0 Å². The third-order valence-corrected chi connectivity index (χ3v) is 4.83. The van der Waals surface area contributed by atoms with Crippen LogP contribution < -0.4 is 4.90 Å². The summed E-state index contributed by atoms with van der Waals surface area (Å²) in [4.78, 5) is 26.2. The molecule has 7 heteroatoms. The van der Waals surface area contributed by atoms with Crippen molar-refractivity contribution in [3.05, 3.63) is 35.0 Å². The van der Waals surface area contributed by atoms with Crippen LogP contribution in [0.15, 0.2) is 12.3 Å². The highest BCUT2D eigenvalue weighted by Crippen LogP contribution is 2.20. The maximum absolute atomic E-state index is 13.0. The molecule has 0 radical (unpaired) electrons. The summed E-state index contributed by atoms with van der Waals surface area (Å²) in [6, 6.07) is 1.94. The number of aromatic nitrogens is 4. The summed E-state index contributed by atoms with van der Waals surface area (Å²) in [5, 5.41) is 4.57. The Labute approximate surface area is 155 Å².